The zero-order chi connectivity index (χ0) is 15.7. The Morgan fingerprint density at radius 3 is 2.05 bits per heavy atom. The fourth-order valence-corrected chi connectivity index (χ4v) is 3.22. The van der Waals surface area contributed by atoms with Crippen molar-refractivity contribution in [2.75, 3.05) is 13.1 Å². The van der Waals surface area contributed by atoms with Crippen LogP contribution in [0.25, 0.3) is 0 Å². The van der Waals surface area contributed by atoms with E-state index in [9.17, 15) is 0 Å². The summed E-state index contributed by atoms with van der Waals surface area (Å²) >= 11 is 0. The van der Waals surface area contributed by atoms with Gasteiger partial charge in [-0.2, -0.15) is 0 Å². The van der Waals surface area contributed by atoms with Crippen LogP contribution in [0.2, 0.25) is 0 Å². The van der Waals surface area contributed by atoms with E-state index in [4.69, 9.17) is 4.99 Å². The number of nitrogens with zero attached hydrogens (tertiary/aromatic N) is 1. The summed E-state index contributed by atoms with van der Waals surface area (Å²) in [6.07, 6.45) is 22.1. The van der Waals surface area contributed by atoms with Gasteiger partial charge in [0.25, 0.3) is 0 Å². The molecule has 0 amide bonds. The Hall–Kier alpha value is -0.530. The zero-order valence-electron chi connectivity index (χ0n) is 15.2. The van der Waals surface area contributed by atoms with Crippen LogP contribution in [-0.2, 0) is 0 Å². The second-order valence-electron chi connectivity index (χ2n) is 6.95. The third-order valence-corrected chi connectivity index (χ3v) is 4.73. The van der Waals surface area contributed by atoms with Gasteiger partial charge in [0.1, 0.15) is 0 Å². The number of hydrogen-bond donors (Lipinski definition) is 1. The van der Waals surface area contributed by atoms with Gasteiger partial charge in [-0.3, -0.25) is 4.99 Å². The van der Waals surface area contributed by atoms with E-state index in [-0.39, 0.29) is 0 Å². The molecule has 0 unspecified atom stereocenters. The third-order valence-electron chi connectivity index (χ3n) is 4.73. The van der Waals surface area contributed by atoms with Crippen molar-refractivity contribution in [2.24, 2.45) is 4.99 Å². The number of nitrogens with one attached hydrogen (secondary N) is 1. The predicted octanol–water partition coefficient (Wildman–Crippen LogP) is 6.25. The highest BCUT2D eigenvalue weighted by Gasteiger charge is 2.02. The predicted molar refractivity (Wildman–Crippen MR) is 99.9 cm³/mol. The lowest BCUT2D eigenvalue weighted by Crippen LogP contribution is -2.24. The molecule has 0 spiro atoms. The van der Waals surface area contributed by atoms with Crippen LogP contribution in [-0.4, -0.2) is 18.9 Å². The van der Waals surface area contributed by atoms with Crippen molar-refractivity contribution >= 4 is 5.84 Å². The molecule has 0 aromatic rings. The molecule has 0 fully saturated rings. The Bertz CT molecular complexity index is 260. The highest BCUT2D eigenvalue weighted by atomic mass is 15.0. The van der Waals surface area contributed by atoms with Gasteiger partial charge in [0.2, 0.25) is 0 Å². The number of hydrogen-bond acceptors (Lipinski definition) is 2. The van der Waals surface area contributed by atoms with Crippen LogP contribution < -0.4 is 5.32 Å². The molecule has 130 valence electrons. The van der Waals surface area contributed by atoms with Gasteiger partial charge < -0.3 is 5.32 Å². The average Bonchev–Trinajstić information content (AvgIpc) is 2.66. The first-order valence-corrected chi connectivity index (χ1v) is 10.2. The first kappa shape index (κ1) is 19.5. The van der Waals surface area contributed by atoms with E-state index in [1.165, 1.54) is 109 Å². The molecule has 0 radical (unpaired) electrons. The van der Waals surface area contributed by atoms with Crippen LogP contribution in [0.5, 0.6) is 0 Å². The second-order valence-corrected chi connectivity index (χ2v) is 6.95. The van der Waals surface area contributed by atoms with Crippen LogP contribution in [0.1, 0.15) is 110 Å². The quantitative estimate of drug-likeness (QED) is 0.448. The zero-order valence-corrected chi connectivity index (χ0v) is 15.2. The van der Waals surface area contributed by atoms with E-state index in [0.717, 1.165) is 13.1 Å². The molecular formula is C20H40N2. The van der Waals surface area contributed by atoms with Gasteiger partial charge in [-0.15, -0.1) is 0 Å². The van der Waals surface area contributed by atoms with E-state index in [2.05, 4.69) is 12.2 Å². The van der Waals surface area contributed by atoms with Crippen molar-refractivity contribution in [1.82, 2.24) is 5.32 Å². The summed E-state index contributed by atoms with van der Waals surface area (Å²) in [6.45, 7) is 4.47. The first-order chi connectivity index (χ1) is 10.9. The van der Waals surface area contributed by atoms with E-state index in [0.29, 0.717) is 0 Å². The molecule has 22 heavy (non-hydrogen) atoms. The highest BCUT2D eigenvalue weighted by molar-refractivity contribution is 5.82. The van der Waals surface area contributed by atoms with Crippen LogP contribution in [0.4, 0.5) is 0 Å². The number of amidine groups is 1. The lowest BCUT2D eigenvalue weighted by atomic mass is 10.1. The molecule has 1 heterocycles. The Morgan fingerprint density at radius 1 is 0.727 bits per heavy atom. The minimum absolute atomic E-state index is 1.04. The van der Waals surface area contributed by atoms with Gasteiger partial charge in [0.15, 0.2) is 0 Å². The monoisotopic (exact) mass is 308 g/mol. The number of unbranched alkanes of at least 4 members (excludes halogenated alkanes) is 9. The molecule has 0 bridgehead atoms. The summed E-state index contributed by atoms with van der Waals surface area (Å²) in [5.41, 5.74) is 0. The van der Waals surface area contributed by atoms with Crippen molar-refractivity contribution in [3.8, 4) is 0 Å². The number of rotatable bonds is 11. The molecule has 0 aromatic heterocycles. The van der Waals surface area contributed by atoms with E-state index < -0.39 is 0 Å². The van der Waals surface area contributed by atoms with E-state index in [1.807, 2.05) is 0 Å². The minimum atomic E-state index is 1.04. The van der Waals surface area contributed by atoms with Crippen LogP contribution in [0, 0.1) is 0 Å². The standard InChI is InChI=1S/C20H40N2/c1-2-3-4-5-6-7-8-9-12-15-18-21-20-17-14-11-10-13-16-19-22-20/h2-19H2,1H3,(H,21,22). The first-order valence-electron chi connectivity index (χ1n) is 10.2. The molecule has 0 aromatic carbocycles. The summed E-state index contributed by atoms with van der Waals surface area (Å²) in [7, 11) is 0. The van der Waals surface area contributed by atoms with Crippen molar-refractivity contribution in [1.29, 1.82) is 0 Å². The fourth-order valence-electron chi connectivity index (χ4n) is 3.22. The molecule has 0 saturated carbocycles. The molecule has 0 saturated heterocycles. The smallest absolute Gasteiger partial charge is 0.0963 e. The maximum atomic E-state index is 4.73. The maximum absolute atomic E-state index is 4.73. The summed E-state index contributed by atoms with van der Waals surface area (Å²) < 4.78 is 0. The molecular weight excluding hydrogens is 268 g/mol. The van der Waals surface area contributed by atoms with Crippen LogP contribution >= 0.6 is 0 Å². The number of aliphatic imine (C=N–C) groups is 1. The Morgan fingerprint density at radius 2 is 1.32 bits per heavy atom. The summed E-state index contributed by atoms with van der Waals surface area (Å²) in [5.74, 6) is 1.29. The lowest BCUT2D eigenvalue weighted by molar-refractivity contribution is 0.554. The third kappa shape index (κ3) is 12.1. The van der Waals surface area contributed by atoms with Gasteiger partial charge in [0.05, 0.1) is 5.84 Å². The highest BCUT2D eigenvalue weighted by Crippen LogP contribution is 2.11. The molecule has 1 rings (SSSR count). The molecule has 0 aliphatic carbocycles. The molecule has 1 aliphatic rings. The van der Waals surface area contributed by atoms with Gasteiger partial charge in [-0.25, -0.2) is 0 Å². The lowest BCUT2D eigenvalue weighted by Gasteiger charge is -2.09. The van der Waals surface area contributed by atoms with Gasteiger partial charge in [-0.05, 0) is 19.3 Å². The molecule has 1 N–H and O–H groups in total. The maximum Gasteiger partial charge on any atom is 0.0963 e. The average molecular weight is 309 g/mol. The van der Waals surface area contributed by atoms with Crippen molar-refractivity contribution in [3.05, 3.63) is 0 Å². The molecule has 0 atom stereocenters. The van der Waals surface area contributed by atoms with Crippen LogP contribution in [0.15, 0.2) is 4.99 Å². The summed E-state index contributed by atoms with van der Waals surface area (Å²) in [6, 6.07) is 0. The van der Waals surface area contributed by atoms with Crippen molar-refractivity contribution in [2.45, 2.75) is 110 Å². The topological polar surface area (TPSA) is 24.4 Å². The summed E-state index contributed by atoms with van der Waals surface area (Å²) in [4.78, 5) is 4.73. The SMILES string of the molecule is CCCCCCCCCCCCNC1=NCCCCCCC1. The molecule has 1 aliphatic heterocycles. The van der Waals surface area contributed by atoms with Crippen molar-refractivity contribution < 1.29 is 0 Å². The molecule has 2 nitrogen and oxygen atoms in total. The summed E-state index contributed by atoms with van der Waals surface area (Å²) in [5, 5.41) is 3.59. The van der Waals surface area contributed by atoms with Crippen molar-refractivity contribution in [3.63, 3.8) is 0 Å². The van der Waals surface area contributed by atoms with E-state index >= 15 is 0 Å². The fraction of sp³-hybridized carbons (Fsp3) is 0.950. The second kappa shape index (κ2) is 15.4. The van der Waals surface area contributed by atoms with Gasteiger partial charge in [-0.1, -0.05) is 84.0 Å². The van der Waals surface area contributed by atoms with Gasteiger partial charge >= 0.3 is 0 Å². The Kier molecular flexibility index (Phi) is 13.6. The van der Waals surface area contributed by atoms with Gasteiger partial charge in [0, 0.05) is 19.5 Å². The normalized spacial score (nSPS) is 16.5. The largest absolute Gasteiger partial charge is 0.374 e. The minimum Gasteiger partial charge on any atom is -0.374 e. The molecule has 2 heteroatoms. The van der Waals surface area contributed by atoms with E-state index in [1.54, 1.807) is 0 Å². The Labute approximate surface area is 139 Å². The Balaban J connectivity index is 1.87. The van der Waals surface area contributed by atoms with Crippen LogP contribution in [0.3, 0.4) is 0 Å².